The molecule has 0 aliphatic rings. The highest BCUT2D eigenvalue weighted by atomic mass is 35.5. The Labute approximate surface area is 124 Å². The Hall–Kier alpha value is -1.79. The molecule has 0 radical (unpaired) electrons. The molecule has 1 aromatic carbocycles. The Kier molecular flexibility index (Phi) is 4.15. The predicted molar refractivity (Wildman–Crippen MR) is 75.9 cm³/mol. The van der Waals surface area contributed by atoms with Gasteiger partial charge in [0, 0.05) is 11.3 Å². The van der Waals surface area contributed by atoms with E-state index < -0.39 is 11.8 Å². The molecule has 0 unspecified atom stereocenters. The van der Waals surface area contributed by atoms with E-state index in [2.05, 4.69) is 14.7 Å². The Balaban J connectivity index is 2.61. The van der Waals surface area contributed by atoms with Crippen LogP contribution in [0.2, 0.25) is 5.02 Å². The van der Waals surface area contributed by atoms with E-state index in [1.54, 1.807) is 6.92 Å². The molecule has 7 heteroatoms. The van der Waals surface area contributed by atoms with Gasteiger partial charge < -0.3 is 9.72 Å². The molecule has 2 aromatic rings. The summed E-state index contributed by atoms with van der Waals surface area (Å²) in [7, 11) is 1.27. The summed E-state index contributed by atoms with van der Waals surface area (Å²) in [6.45, 7) is 1.67. The first-order chi connectivity index (χ1) is 9.43. The van der Waals surface area contributed by atoms with Gasteiger partial charge in [-0.1, -0.05) is 23.8 Å². The normalized spacial score (nSPS) is 10.4. The van der Waals surface area contributed by atoms with E-state index >= 15 is 0 Å². The van der Waals surface area contributed by atoms with Crippen LogP contribution in [0.25, 0.3) is 11.4 Å². The van der Waals surface area contributed by atoms with Gasteiger partial charge in [0.15, 0.2) is 0 Å². The van der Waals surface area contributed by atoms with Gasteiger partial charge in [-0.15, -0.1) is 0 Å². The van der Waals surface area contributed by atoms with Crippen molar-refractivity contribution in [1.29, 1.82) is 0 Å². The second-order valence-electron chi connectivity index (χ2n) is 4.01. The van der Waals surface area contributed by atoms with Crippen LogP contribution in [0.4, 0.5) is 4.39 Å². The van der Waals surface area contributed by atoms with Gasteiger partial charge in [-0.25, -0.2) is 14.2 Å². The van der Waals surface area contributed by atoms with Crippen LogP contribution in [0, 0.1) is 17.4 Å². The molecular weight excluding hydrogens is 303 g/mol. The van der Waals surface area contributed by atoms with E-state index in [0.29, 0.717) is 17.1 Å². The zero-order valence-corrected chi connectivity index (χ0v) is 12.2. The zero-order valence-electron chi connectivity index (χ0n) is 10.7. The molecule has 0 fully saturated rings. The summed E-state index contributed by atoms with van der Waals surface area (Å²) in [4.78, 5) is 18.6. The average Bonchev–Trinajstić information content (AvgIpc) is 2.37. The minimum Gasteiger partial charge on any atom is -0.465 e. The highest BCUT2D eigenvalue weighted by molar-refractivity contribution is 7.71. The number of ether oxygens (including phenoxy) is 1. The van der Waals surface area contributed by atoms with Crippen molar-refractivity contribution in [3.8, 4) is 11.4 Å². The minimum absolute atomic E-state index is 0.100. The lowest BCUT2D eigenvalue weighted by molar-refractivity contribution is 0.0598. The molecule has 1 N–H and O–H groups in total. The lowest BCUT2D eigenvalue weighted by Crippen LogP contribution is -2.09. The fraction of sp³-hybridized carbons (Fsp3) is 0.154. The molecule has 1 aromatic heterocycles. The quantitative estimate of drug-likeness (QED) is 0.678. The first-order valence-corrected chi connectivity index (χ1v) is 6.37. The van der Waals surface area contributed by atoms with Gasteiger partial charge in [-0.2, -0.15) is 0 Å². The molecular formula is C13H10ClFN2O2S. The maximum Gasteiger partial charge on any atom is 0.342 e. The molecule has 1 heterocycles. The van der Waals surface area contributed by atoms with Crippen molar-refractivity contribution in [2.45, 2.75) is 6.92 Å². The Morgan fingerprint density at radius 3 is 2.75 bits per heavy atom. The van der Waals surface area contributed by atoms with Crippen molar-refractivity contribution in [1.82, 2.24) is 9.97 Å². The van der Waals surface area contributed by atoms with Crippen LogP contribution >= 0.6 is 23.8 Å². The molecule has 4 nitrogen and oxygen atoms in total. The number of carbonyl (C=O) groups excluding carboxylic acids is 1. The largest absolute Gasteiger partial charge is 0.465 e. The highest BCUT2D eigenvalue weighted by Gasteiger charge is 2.16. The molecule has 0 spiro atoms. The fourth-order valence-corrected chi connectivity index (χ4v) is 2.32. The smallest absolute Gasteiger partial charge is 0.342 e. The molecule has 104 valence electrons. The number of esters is 1. The Morgan fingerprint density at radius 1 is 1.50 bits per heavy atom. The summed E-state index contributed by atoms with van der Waals surface area (Å²) in [5.41, 5.74) is 1.20. The number of methoxy groups -OCH3 is 1. The second-order valence-corrected chi connectivity index (χ2v) is 4.80. The first-order valence-electron chi connectivity index (χ1n) is 5.58. The molecule has 0 bridgehead atoms. The summed E-state index contributed by atoms with van der Waals surface area (Å²) < 4.78 is 17.8. The number of carbonyl (C=O) groups is 1. The van der Waals surface area contributed by atoms with Gasteiger partial charge in [-0.05, 0) is 25.1 Å². The number of hydrogen-bond acceptors (Lipinski definition) is 4. The summed E-state index contributed by atoms with van der Waals surface area (Å²) in [5.74, 6) is -0.640. The predicted octanol–water partition coefficient (Wildman–Crippen LogP) is 3.69. The number of hydrogen-bond donors (Lipinski definition) is 1. The van der Waals surface area contributed by atoms with Crippen LogP contribution in [-0.2, 0) is 4.74 Å². The first kappa shape index (κ1) is 14.6. The van der Waals surface area contributed by atoms with Crippen molar-refractivity contribution >= 4 is 29.8 Å². The topological polar surface area (TPSA) is 55.0 Å². The van der Waals surface area contributed by atoms with E-state index in [9.17, 15) is 9.18 Å². The van der Waals surface area contributed by atoms with E-state index in [0.717, 1.165) is 0 Å². The maximum atomic E-state index is 13.0. The molecule has 0 amide bonds. The summed E-state index contributed by atoms with van der Waals surface area (Å²) in [6, 6.07) is 3.94. The molecule has 0 aliphatic carbocycles. The van der Waals surface area contributed by atoms with Gasteiger partial charge in [0.2, 0.25) is 0 Å². The molecule has 2 rings (SSSR count). The van der Waals surface area contributed by atoms with Crippen molar-refractivity contribution < 1.29 is 13.9 Å². The number of H-pyrrole nitrogens is 1. The van der Waals surface area contributed by atoms with Crippen LogP contribution in [0.5, 0.6) is 0 Å². The van der Waals surface area contributed by atoms with Crippen LogP contribution in [0.3, 0.4) is 0 Å². The lowest BCUT2D eigenvalue weighted by Gasteiger charge is -2.09. The standard InChI is InChI=1S/C13H10ClFN2O2S/c1-6-10(13(18)19-2)12(20)17-11(16-6)8-4-3-7(15)5-9(8)14/h3-5H,1-2H3,(H,16,17,20). The lowest BCUT2D eigenvalue weighted by atomic mass is 10.2. The van der Waals surface area contributed by atoms with Crippen LogP contribution in [0.1, 0.15) is 16.1 Å². The van der Waals surface area contributed by atoms with E-state index in [1.807, 2.05) is 0 Å². The number of benzene rings is 1. The molecule has 0 aliphatic heterocycles. The van der Waals surface area contributed by atoms with Crippen molar-refractivity contribution in [3.63, 3.8) is 0 Å². The third kappa shape index (κ3) is 2.71. The summed E-state index contributed by atoms with van der Waals surface area (Å²) in [5, 5.41) is 0.202. The molecule has 0 saturated heterocycles. The van der Waals surface area contributed by atoms with E-state index in [1.165, 1.54) is 25.3 Å². The third-order valence-corrected chi connectivity index (χ3v) is 3.29. The third-order valence-electron chi connectivity index (χ3n) is 2.68. The number of rotatable bonds is 2. The SMILES string of the molecule is COC(=O)c1c(C)[nH]c(-c2ccc(F)cc2Cl)nc1=S. The van der Waals surface area contributed by atoms with Gasteiger partial charge in [0.25, 0.3) is 0 Å². The van der Waals surface area contributed by atoms with Crippen LogP contribution < -0.4 is 0 Å². The minimum atomic E-state index is -0.562. The molecule has 0 saturated carbocycles. The highest BCUT2D eigenvalue weighted by Crippen LogP contribution is 2.26. The maximum absolute atomic E-state index is 13.0. The number of aromatic amines is 1. The summed E-state index contributed by atoms with van der Waals surface area (Å²) >= 11 is 11.1. The van der Waals surface area contributed by atoms with Gasteiger partial charge in [0.05, 0.1) is 12.1 Å². The van der Waals surface area contributed by atoms with Gasteiger partial charge in [-0.3, -0.25) is 0 Å². The Bertz CT molecular complexity index is 746. The average molecular weight is 313 g/mol. The molecule has 0 atom stereocenters. The van der Waals surface area contributed by atoms with Crippen molar-refractivity contribution in [3.05, 3.63) is 44.9 Å². The van der Waals surface area contributed by atoms with Crippen LogP contribution in [0.15, 0.2) is 18.2 Å². The van der Waals surface area contributed by atoms with Crippen molar-refractivity contribution in [2.75, 3.05) is 7.11 Å². The number of aryl methyl sites for hydroxylation is 1. The number of nitrogens with zero attached hydrogens (tertiary/aromatic N) is 1. The monoisotopic (exact) mass is 312 g/mol. The zero-order chi connectivity index (χ0) is 14.9. The number of halogens is 2. The molecule has 20 heavy (non-hydrogen) atoms. The van der Waals surface area contributed by atoms with Gasteiger partial charge in [0.1, 0.15) is 21.8 Å². The summed E-state index contributed by atoms with van der Waals surface area (Å²) in [6.07, 6.45) is 0. The van der Waals surface area contributed by atoms with Gasteiger partial charge >= 0.3 is 5.97 Å². The fourth-order valence-electron chi connectivity index (χ4n) is 1.74. The van der Waals surface area contributed by atoms with E-state index in [4.69, 9.17) is 23.8 Å². The van der Waals surface area contributed by atoms with Crippen molar-refractivity contribution in [2.24, 2.45) is 0 Å². The Morgan fingerprint density at radius 2 is 2.20 bits per heavy atom. The van der Waals surface area contributed by atoms with E-state index in [-0.39, 0.29) is 15.2 Å². The number of nitrogens with one attached hydrogen (secondary N) is 1. The van der Waals surface area contributed by atoms with Crippen LogP contribution in [-0.4, -0.2) is 23.0 Å². The number of aromatic nitrogens is 2. The second kappa shape index (κ2) is 5.68.